The second-order valence-electron chi connectivity index (χ2n) is 7.90. The molecule has 0 atom stereocenters. The summed E-state index contributed by atoms with van der Waals surface area (Å²) in [5.74, 6) is 2.10. The summed E-state index contributed by atoms with van der Waals surface area (Å²) in [6, 6.07) is 7.96. The summed E-state index contributed by atoms with van der Waals surface area (Å²) >= 11 is 0. The number of fused-ring (bicyclic) bond motifs is 1. The number of methoxy groups -OCH3 is 1. The maximum absolute atomic E-state index is 5.42. The van der Waals surface area contributed by atoms with Gasteiger partial charge in [0.1, 0.15) is 5.75 Å². The standard InChI is InChI=1S/C22H31N7O2/c1-16(2)29-15-24-19-20(23-9-4-10-28-11-13-31-14-12-28)26-22(27-21(19)29)25-17-5-7-18(30-3)8-6-17/h5-8,15-16H,4,9-14H2,1-3H3,(H2,23,25,26,27). The zero-order valence-electron chi connectivity index (χ0n) is 18.5. The van der Waals surface area contributed by atoms with Crippen LogP contribution in [0, 0.1) is 0 Å². The molecule has 1 saturated heterocycles. The Balaban J connectivity index is 1.51. The molecule has 3 aromatic rings. The van der Waals surface area contributed by atoms with Crippen LogP contribution in [0.4, 0.5) is 17.5 Å². The van der Waals surface area contributed by atoms with Gasteiger partial charge in [-0.05, 0) is 51.1 Å². The fraction of sp³-hybridized carbons (Fsp3) is 0.500. The first kappa shape index (κ1) is 21.3. The molecule has 2 N–H and O–H groups in total. The third-order valence-electron chi connectivity index (χ3n) is 5.37. The number of ether oxygens (including phenoxy) is 2. The number of aromatic nitrogens is 4. The molecule has 0 aliphatic carbocycles. The van der Waals surface area contributed by atoms with Gasteiger partial charge in [0.05, 0.1) is 26.7 Å². The van der Waals surface area contributed by atoms with Crippen LogP contribution < -0.4 is 15.4 Å². The maximum Gasteiger partial charge on any atom is 0.231 e. The van der Waals surface area contributed by atoms with E-state index in [2.05, 4.69) is 38.9 Å². The molecule has 1 aliphatic heterocycles. The minimum Gasteiger partial charge on any atom is -0.497 e. The van der Waals surface area contributed by atoms with Gasteiger partial charge >= 0.3 is 0 Å². The number of imidazole rings is 1. The van der Waals surface area contributed by atoms with Crippen LogP contribution in [-0.2, 0) is 4.74 Å². The Morgan fingerprint density at radius 1 is 1.13 bits per heavy atom. The number of hydrogen-bond acceptors (Lipinski definition) is 8. The van der Waals surface area contributed by atoms with Crippen LogP contribution in [0.3, 0.4) is 0 Å². The van der Waals surface area contributed by atoms with Crippen LogP contribution in [0.25, 0.3) is 11.2 Å². The second-order valence-corrected chi connectivity index (χ2v) is 7.90. The van der Waals surface area contributed by atoms with E-state index < -0.39 is 0 Å². The molecule has 9 heteroatoms. The van der Waals surface area contributed by atoms with E-state index in [1.165, 1.54) is 0 Å². The monoisotopic (exact) mass is 425 g/mol. The molecule has 1 fully saturated rings. The number of morpholine rings is 1. The first-order chi connectivity index (χ1) is 15.1. The largest absolute Gasteiger partial charge is 0.497 e. The molecule has 0 bridgehead atoms. The quantitative estimate of drug-likeness (QED) is 0.505. The summed E-state index contributed by atoms with van der Waals surface area (Å²) in [5, 5.41) is 6.78. The molecule has 166 valence electrons. The summed E-state index contributed by atoms with van der Waals surface area (Å²) in [4.78, 5) is 16.5. The van der Waals surface area contributed by atoms with Crippen molar-refractivity contribution in [2.45, 2.75) is 26.3 Å². The van der Waals surface area contributed by atoms with Crippen molar-refractivity contribution in [2.75, 3.05) is 57.1 Å². The lowest BCUT2D eigenvalue weighted by atomic mass is 10.3. The first-order valence-corrected chi connectivity index (χ1v) is 10.8. The number of hydrogen-bond donors (Lipinski definition) is 2. The topological polar surface area (TPSA) is 89.4 Å². The molecule has 2 aromatic heterocycles. The Bertz CT molecular complexity index is 981. The highest BCUT2D eigenvalue weighted by Gasteiger charge is 2.15. The van der Waals surface area contributed by atoms with Gasteiger partial charge in [-0.2, -0.15) is 9.97 Å². The number of benzene rings is 1. The molecule has 0 amide bonds. The Morgan fingerprint density at radius 3 is 2.61 bits per heavy atom. The average Bonchev–Trinajstić information content (AvgIpc) is 3.22. The van der Waals surface area contributed by atoms with Crippen molar-refractivity contribution in [2.24, 2.45) is 0 Å². The first-order valence-electron chi connectivity index (χ1n) is 10.8. The predicted octanol–water partition coefficient (Wildman–Crippen LogP) is 3.29. The second kappa shape index (κ2) is 9.93. The van der Waals surface area contributed by atoms with Gasteiger partial charge in [-0.3, -0.25) is 4.90 Å². The van der Waals surface area contributed by atoms with Crippen LogP contribution in [0.2, 0.25) is 0 Å². The molecular weight excluding hydrogens is 394 g/mol. The Kier molecular flexibility index (Phi) is 6.83. The molecule has 31 heavy (non-hydrogen) atoms. The minimum absolute atomic E-state index is 0.253. The fourth-order valence-corrected chi connectivity index (χ4v) is 3.61. The third-order valence-corrected chi connectivity index (χ3v) is 5.37. The van der Waals surface area contributed by atoms with Gasteiger partial charge in [0.15, 0.2) is 17.0 Å². The van der Waals surface area contributed by atoms with Crippen molar-refractivity contribution < 1.29 is 9.47 Å². The SMILES string of the molecule is COc1ccc(Nc2nc(NCCCN3CCOCC3)c3ncn(C(C)C)c3n2)cc1. The van der Waals surface area contributed by atoms with Crippen LogP contribution in [0.15, 0.2) is 30.6 Å². The minimum atomic E-state index is 0.253. The van der Waals surface area contributed by atoms with E-state index in [4.69, 9.17) is 19.4 Å². The van der Waals surface area contributed by atoms with Crippen LogP contribution in [-0.4, -0.2) is 70.9 Å². The van der Waals surface area contributed by atoms with E-state index in [1.54, 1.807) is 7.11 Å². The van der Waals surface area contributed by atoms with Crippen molar-refractivity contribution in [3.05, 3.63) is 30.6 Å². The summed E-state index contributed by atoms with van der Waals surface area (Å²) in [6.07, 6.45) is 2.86. The van der Waals surface area contributed by atoms with Gasteiger partial charge in [0, 0.05) is 31.4 Å². The molecule has 1 aromatic carbocycles. The van der Waals surface area contributed by atoms with E-state index in [0.29, 0.717) is 5.95 Å². The van der Waals surface area contributed by atoms with Gasteiger partial charge in [-0.1, -0.05) is 0 Å². The van der Waals surface area contributed by atoms with Gasteiger partial charge in [0.25, 0.3) is 0 Å². The van der Waals surface area contributed by atoms with E-state index >= 15 is 0 Å². The van der Waals surface area contributed by atoms with Crippen LogP contribution in [0.5, 0.6) is 5.75 Å². The molecule has 0 spiro atoms. The molecule has 3 heterocycles. The Morgan fingerprint density at radius 2 is 1.90 bits per heavy atom. The lowest BCUT2D eigenvalue weighted by Crippen LogP contribution is -2.37. The summed E-state index contributed by atoms with van der Waals surface area (Å²) in [5.41, 5.74) is 2.51. The van der Waals surface area contributed by atoms with Crippen molar-refractivity contribution in [3.8, 4) is 5.75 Å². The smallest absolute Gasteiger partial charge is 0.231 e. The number of nitrogens with one attached hydrogen (secondary N) is 2. The lowest BCUT2D eigenvalue weighted by Gasteiger charge is -2.26. The van der Waals surface area contributed by atoms with E-state index in [-0.39, 0.29) is 6.04 Å². The number of anilines is 3. The molecule has 0 unspecified atom stereocenters. The van der Waals surface area contributed by atoms with E-state index in [9.17, 15) is 0 Å². The zero-order valence-corrected chi connectivity index (χ0v) is 18.5. The highest BCUT2D eigenvalue weighted by molar-refractivity contribution is 5.84. The van der Waals surface area contributed by atoms with Crippen molar-refractivity contribution in [3.63, 3.8) is 0 Å². The van der Waals surface area contributed by atoms with E-state index in [0.717, 1.165) is 74.2 Å². The highest BCUT2D eigenvalue weighted by Crippen LogP contribution is 2.25. The van der Waals surface area contributed by atoms with Gasteiger partial charge < -0.3 is 24.7 Å². The van der Waals surface area contributed by atoms with Crippen molar-refractivity contribution in [1.82, 2.24) is 24.4 Å². The fourth-order valence-electron chi connectivity index (χ4n) is 3.61. The normalized spacial score (nSPS) is 14.8. The van der Waals surface area contributed by atoms with Gasteiger partial charge in [-0.15, -0.1) is 0 Å². The lowest BCUT2D eigenvalue weighted by molar-refractivity contribution is 0.0378. The Labute approximate surface area is 182 Å². The Hall–Kier alpha value is -2.91. The number of rotatable bonds is 9. The predicted molar refractivity (Wildman–Crippen MR) is 122 cm³/mol. The van der Waals surface area contributed by atoms with Crippen molar-refractivity contribution in [1.29, 1.82) is 0 Å². The molecule has 9 nitrogen and oxygen atoms in total. The summed E-state index contributed by atoms with van der Waals surface area (Å²) in [7, 11) is 1.66. The summed E-state index contributed by atoms with van der Waals surface area (Å²) in [6.45, 7) is 9.77. The van der Waals surface area contributed by atoms with Crippen molar-refractivity contribution >= 4 is 28.6 Å². The van der Waals surface area contributed by atoms with Gasteiger partial charge in [-0.25, -0.2) is 4.98 Å². The van der Waals surface area contributed by atoms with Gasteiger partial charge in [0.2, 0.25) is 5.95 Å². The third kappa shape index (κ3) is 5.23. The highest BCUT2D eigenvalue weighted by atomic mass is 16.5. The number of nitrogens with zero attached hydrogens (tertiary/aromatic N) is 5. The van der Waals surface area contributed by atoms with E-state index in [1.807, 2.05) is 30.6 Å². The molecule has 1 aliphatic rings. The maximum atomic E-state index is 5.42. The molecule has 0 saturated carbocycles. The summed E-state index contributed by atoms with van der Waals surface area (Å²) < 4.78 is 12.7. The zero-order chi connectivity index (χ0) is 21.6. The van der Waals surface area contributed by atoms with Crippen LogP contribution in [0.1, 0.15) is 26.3 Å². The molecule has 0 radical (unpaired) electrons. The average molecular weight is 426 g/mol. The molecular formula is C22H31N7O2. The van der Waals surface area contributed by atoms with Crippen LogP contribution >= 0.6 is 0 Å². The molecule has 4 rings (SSSR count).